The highest BCUT2D eigenvalue weighted by atomic mass is 16.3. The molecule has 150 valence electrons. The molecule has 0 saturated carbocycles. The van der Waals surface area contributed by atoms with Gasteiger partial charge < -0.3 is 30.6 Å². The zero-order valence-electron chi connectivity index (χ0n) is 15.4. The van der Waals surface area contributed by atoms with E-state index in [1.54, 1.807) is 36.3 Å². The van der Waals surface area contributed by atoms with Gasteiger partial charge in [0.15, 0.2) is 0 Å². The Hall–Kier alpha value is -1.17. The van der Waals surface area contributed by atoms with Crippen LogP contribution in [0.4, 0.5) is 0 Å². The predicted molar refractivity (Wildman–Crippen MR) is 95.1 cm³/mol. The van der Waals surface area contributed by atoms with E-state index >= 15 is 0 Å². The molecule has 9 heteroatoms. The fourth-order valence-electron chi connectivity index (χ4n) is 2.62. The van der Waals surface area contributed by atoms with Crippen molar-refractivity contribution in [2.45, 2.75) is 24.2 Å². The number of hydrogen-bond donors (Lipinski definition) is 6. The number of aliphatic hydroxyl groups excluding tert-OH is 6. The van der Waals surface area contributed by atoms with Gasteiger partial charge in [-0.25, -0.2) is 0 Å². The van der Waals surface area contributed by atoms with Gasteiger partial charge in [0, 0.05) is 25.5 Å². The second-order valence-electron chi connectivity index (χ2n) is 6.81. The van der Waals surface area contributed by atoms with Gasteiger partial charge in [0.25, 0.3) is 0 Å². The third-order valence-electron chi connectivity index (χ3n) is 5.08. The molecule has 1 rings (SSSR count). The molecule has 6 N–H and O–H groups in total. The predicted octanol–water partition coefficient (Wildman–Crippen LogP) is -2.62. The normalized spacial score (nSPS) is 13.0. The molecule has 0 saturated heterocycles. The van der Waals surface area contributed by atoms with Gasteiger partial charge in [-0.3, -0.25) is 14.8 Å². The van der Waals surface area contributed by atoms with Crippen LogP contribution in [-0.2, 0) is 13.1 Å². The van der Waals surface area contributed by atoms with E-state index in [9.17, 15) is 30.6 Å². The zero-order chi connectivity index (χ0) is 19.8. The minimum Gasteiger partial charge on any atom is -0.394 e. The summed E-state index contributed by atoms with van der Waals surface area (Å²) in [5.74, 6) is 0. The summed E-state index contributed by atoms with van der Waals surface area (Å²) < 4.78 is 0. The lowest BCUT2D eigenvalue weighted by molar-refractivity contribution is -0.0394. The molecule has 0 unspecified atom stereocenters. The van der Waals surface area contributed by atoms with Gasteiger partial charge in [-0.1, -0.05) is 6.07 Å². The fourth-order valence-corrected chi connectivity index (χ4v) is 2.62. The van der Waals surface area contributed by atoms with Crippen LogP contribution in [0.5, 0.6) is 0 Å². The van der Waals surface area contributed by atoms with Crippen molar-refractivity contribution in [1.29, 1.82) is 0 Å². The SMILES string of the molecule is CN(Cc1cncc(CN(C)C(CO)(CO)CO)c1)C(CO)(CO)CO. The summed E-state index contributed by atoms with van der Waals surface area (Å²) in [7, 11) is 3.38. The number of likely N-dealkylation sites (N-methyl/N-ethyl adjacent to an activating group) is 2. The van der Waals surface area contributed by atoms with E-state index < -0.39 is 50.7 Å². The zero-order valence-corrected chi connectivity index (χ0v) is 15.4. The first-order chi connectivity index (χ1) is 12.4. The first kappa shape index (κ1) is 22.9. The molecule has 0 aliphatic heterocycles. The van der Waals surface area contributed by atoms with Crippen LogP contribution in [0.3, 0.4) is 0 Å². The van der Waals surface area contributed by atoms with E-state index in [2.05, 4.69) is 4.98 Å². The van der Waals surface area contributed by atoms with Crippen LogP contribution in [0.25, 0.3) is 0 Å². The van der Waals surface area contributed by atoms with Gasteiger partial charge in [-0.2, -0.15) is 0 Å². The van der Waals surface area contributed by atoms with Crippen LogP contribution >= 0.6 is 0 Å². The van der Waals surface area contributed by atoms with Crippen LogP contribution in [0, 0.1) is 0 Å². The lowest BCUT2D eigenvalue weighted by Crippen LogP contribution is -2.55. The minimum atomic E-state index is -1.13. The van der Waals surface area contributed by atoms with Crippen molar-refractivity contribution in [2.75, 3.05) is 53.7 Å². The second-order valence-corrected chi connectivity index (χ2v) is 6.81. The summed E-state index contributed by atoms with van der Waals surface area (Å²) in [4.78, 5) is 7.51. The van der Waals surface area contributed by atoms with Gasteiger partial charge in [0.05, 0.1) is 50.7 Å². The Kier molecular flexibility index (Phi) is 9.01. The quantitative estimate of drug-likeness (QED) is 0.232. The Labute approximate surface area is 153 Å². The maximum Gasteiger partial charge on any atom is 0.0906 e. The average molecular weight is 373 g/mol. The number of aromatic nitrogens is 1. The third-order valence-corrected chi connectivity index (χ3v) is 5.08. The molecule has 0 spiro atoms. The molecule has 0 aliphatic carbocycles. The number of rotatable bonds is 12. The van der Waals surface area contributed by atoms with Crippen molar-refractivity contribution in [1.82, 2.24) is 14.8 Å². The first-order valence-corrected chi connectivity index (χ1v) is 8.37. The van der Waals surface area contributed by atoms with Crippen LogP contribution in [0.1, 0.15) is 11.1 Å². The first-order valence-electron chi connectivity index (χ1n) is 8.37. The van der Waals surface area contributed by atoms with Crippen LogP contribution in [0.2, 0.25) is 0 Å². The molecule has 0 aliphatic rings. The molecule has 0 atom stereocenters. The van der Waals surface area contributed by atoms with Crippen LogP contribution < -0.4 is 0 Å². The molecule has 0 radical (unpaired) electrons. The Morgan fingerprint density at radius 1 is 0.692 bits per heavy atom. The second kappa shape index (κ2) is 10.2. The van der Waals surface area contributed by atoms with Gasteiger partial charge in [-0.05, 0) is 25.2 Å². The standard InChI is InChI=1S/C17H31N3O6/c1-19(16(8-21,9-22)10-23)6-14-3-15(5-18-4-14)7-20(2)17(11-24,12-25)13-26/h3-5,21-26H,6-13H2,1-2H3. The molecular weight excluding hydrogens is 342 g/mol. The monoisotopic (exact) mass is 373 g/mol. The molecular formula is C17H31N3O6. The fraction of sp³-hybridized carbons (Fsp3) is 0.706. The topological polar surface area (TPSA) is 141 Å². The molecule has 26 heavy (non-hydrogen) atoms. The van der Waals surface area contributed by atoms with E-state index in [4.69, 9.17) is 0 Å². The van der Waals surface area contributed by atoms with E-state index in [0.717, 1.165) is 11.1 Å². The smallest absolute Gasteiger partial charge is 0.0906 e. The Morgan fingerprint density at radius 3 is 1.27 bits per heavy atom. The molecule has 1 aromatic heterocycles. The van der Waals surface area contributed by atoms with Crippen molar-refractivity contribution in [3.8, 4) is 0 Å². The molecule has 0 fully saturated rings. The number of pyridine rings is 1. The highest BCUT2D eigenvalue weighted by molar-refractivity contribution is 5.19. The van der Waals surface area contributed by atoms with E-state index in [0.29, 0.717) is 13.1 Å². The lowest BCUT2D eigenvalue weighted by Gasteiger charge is -2.38. The number of nitrogens with zero attached hydrogens (tertiary/aromatic N) is 3. The van der Waals surface area contributed by atoms with Gasteiger partial charge in [0.1, 0.15) is 0 Å². The van der Waals surface area contributed by atoms with Gasteiger partial charge in [-0.15, -0.1) is 0 Å². The van der Waals surface area contributed by atoms with E-state index in [-0.39, 0.29) is 0 Å². The van der Waals surface area contributed by atoms with Gasteiger partial charge >= 0.3 is 0 Å². The molecule has 1 heterocycles. The van der Waals surface area contributed by atoms with E-state index in [1.165, 1.54) is 0 Å². The summed E-state index contributed by atoms with van der Waals surface area (Å²) in [5.41, 5.74) is -0.652. The van der Waals surface area contributed by atoms with Crippen LogP contribution in [-0.4, -0.2) is 110 Å². The molecule has 0 bridgehead atoms. The van der Waals surface area contributed by atoms with E-state index in [1.807, 2.05) is 6.07 Å². The minimum absolute atomic E-state index is 0.345. The third kappa shape index (κ3) is 4.96. The largest absolute Gasteiger partial charge is 0.394 e. The van der Waals surface area contributed by atoms with Crippen molar-refractivity contribution in [2.24, 2.45) is 0 Å². The summed E-state index contributed by atoms with van der Waals surface area (Å²) in [6, 6.07) is 1.87. The van der Waals surface area contributed by atoms with Crippen molar-refractivity contribution in [3.05, 3.63) is 29.6 Å². The molecule has 0 aromatic carbocycles. The highest BCUT2D eigenvalue weighted by Gasteiger charge is 2.34. The average Bonchev–Trinajstić information content (AvgIpc) is 2.66. The number of hydrogen-bond acceptors (Lipinski definition) is 9. The maximum absolute atomic E-state index is 9.51. The summed E-state index contributed by atoms with van der Waals surface area (Å²) in [5, 5.41) is 57.1. The van der Waals surface area contributed by atoms with Crippen molar-refractivity contribution in [3.63, 3.8) is 0 Å². The Bertz CT molecular complexity index is 477. The molecule has 0 amide bonds. The van der Waals surface area contributed by atoms with Gasteiger partial charge in [0.2, 0.25) is 0 Å². The van der Waals surface area contributed by atoms with Crippen molar-refractivity contribution >= 4 is 0 Å². The molecule has 1 aromatic rings. The Balaban J connectivity index is 2.92. The van der Waals surface area contributed by atoms with Crippen LogP contribution in [0.15, 0.2) is 18.5 Å². The highest BCUT2D eigenvalue weighted by Crippen LogP contribution is 2.19. The molecule has 9 nitrogen and oxygen atoms in total. The summed E-state index contributed by atoms with van der Waals surface area (Å²) in [6.07, 6.45) is 3.29. The maximum atomic E-state index is 9.51. The van der Waals surface area contributed by atoms with Crippen molar-refractivity contribution < 1.29 is 30.6 Å². The lowest BCUT2D eigenvalue weighted by atomic mass is 9.99. The number of aliphatic hydroxyl groups is 6. The Morgan fingerprint density at radius 2 is 1.00 bits per heavy atom. The summed E-state index contributed by atoms with van der Waals surface area (Å²) >= 11 is 0. The summed E-state index contributed by atoms with van der Waals surface area (Å²) in [6.45, 7) is -1.65.